The largest absolute Gasteiger partial charge is 0.0619 e. The van der Waals surface area contributed by atoms with E-state index >= 15 is 0 Å². The van der Waals surface area contributed by atoms with Gasteiger partial charge < -0.3 is 0 Å². The third-order valence-electron chi connectivity index (χ3n) is 7.20. The Morgan fingerprint density at radius 2 is 0.467 bits per heavy atom. The Kier molecular flexibility index (Phi) is 21.1. The Morgan fingerprint density at radius 1 is 0.267 bits per heavy atom. The molecule has 30 heavy (non-hydrogen) atoms. The van der Waals surface area contributed by atoms with Gasteiger partial charge in [-0.25, -0.2) is 0 Å². The molecule has 0 saturated carbocycles. The summed E-state index contributed by atoms with van der Waals surface area (Å²) in [7, 11) is -1.19. The van der Waals surface area contributed by atoms with Crippen molar-refractivity contribution in [3.63, 3.8) is 0 Å². The molecule has 0 aromatic heterocycles. The van der Waals surface area contributed by atoms with Gasteiger partial charge in [0.15, 0.2) is 0 Å². The minimum atomic E-state index is -0.597. The smallest absolute Gasteiger partial charge is 0.0594 e. The lowest BCUT2D eigenvalue weighted by molar-refractivity contribution is 0.585. The van der Waals surface area contributed by atoms with Crippen LogP contribution >= 0.6 is 14.5 Å². The predicted molar refractivity (Wildman–Crippen MR) is 151 cm³/mol. The number of rotatable bonds is 23. The van der Waals surface area contributed by atoms with Crippen molar-refractivity contribution in [2.45, 2.75) is 131 Å². The normalized spacial score (nSPS) is 12.6. The third kappa shape index (κ3) is 14.1. The van der Waals surface area contributed by atoms with Gasteiger partial charge in [-0.15, -0.1) is 0 Å². The highest BCUT2D eigenvalue weighted by Crippen LogP contribution is 2.61. The summed E-state index contributed by atoms with van der Waals surface area (Å²) in [6, 6.07) is 0. The summed E-state index contributed by atoms with van der Waals surface area (Å²) in [6.45, 7) is 14.5. The predicted octanol–water partition coefficient (Wildman–Crippen LogP) is 10.6. The fourth-order valence-corrected chi connectivity index (χ4v) is 16.3. The Labute approximate surface area is 195 Å². The zero-order valence-corrected chi connectivity index (χ0v) is 24.2. The van der Waals surface area contributed by atoms with E-state index in [-0.39, 0.29) is 0 Å². The van der Waals surface area contributed by atoms with E-state index < -0.39 is 14.5 Å². The fraction of sp³-hybridized carbons (Fsp3) is 1.00. The molecule has 0 bridgehead atoms. The lowest BCUT2D eigenvalue weighted by atomic mass is 10.1. The van der Waals surface area contributed by atoms with Crippen LogP contribution in [0.4, 0.5) is 0 Å². The highest BCUT2D eigenvalue weighted by molar-refractivity contribution is 7.76. The lowest BCUT2D eigenvalue weighted by Crippen LogP contribution is -2.11. The highest BCUT2D eigenvalue weighted by atomic mass is 31.2. The summed E-state index contributed by atoms with van der Waals surface area (Å²) in [5.74, 6) is 0. The second-order valence-electron chi connectivity index (χ2n) is 10.3. The summed E-state index contributed by atoms with van der Waals surface area (Å²) in [4.78, 5) is 0. The first-order chi connectivity index (χ1) is 14.6. The van der Waals surface area contributed by atoms with Gasteiger partial charge in [0.1, 0.15) is 0 Å². The average Bonchev–Trinajstić information content (AvgIpc) is 2.70. The molecule has 0 heterocycles. The Balaban J connectivity index is 3.97. The van der Waals surface area contributed by atoms with Gasteiger partial charge in [0.05, 0.1) is 49.3 Å². The van der Waals surface area contributed by atoms with Gasteiger partial charge in [-0.2, -0.15) is 0 Å². The van der Waals surface area contributed by atoms with Gasteiger partial charge in [-0.05, 0) is 64.2 Å². The summed E-state index contributed by atoms with van der Waals surface area (Å²) in [5, 5.41) is 0. The molecule has 0 aromatic rings. The van der Waals surface area contributed by atoms with Crippen LogP contribution in [0.5, 0.6) is 0 Å². The van der Waals surface area contributed by atoms with E-state index in [0.29, 0.717) is 0 Å². The molecule has 0 atom stereocenters. The molecule has 0 saturated heterocycles. The molecule has 0 aromatic carbocycles. The van der Waals surface area contributed by atoms with Gasteiger partial charge in [0.25, 0.3) is 0 Å². The maximum atomic E-state index is 2.42. The van der Waals surface area contributed by atoms with E-state index in [1.807, 2.05) is 0 Å². The van der Waals surface area contributed by atoms with Crippen LogP contribution < -0.4 is 0 Å². The van der Waals surface area contributed by atoms with Gasteiger partial charge in [0.2, 0.25) is 0 Å². The second kappa shape index (κ2) is 20.5. The molecular formula is C28H62P2+2. The van der Waals surface area contributed by atoms with E-state index in [1.54, 1.807) is 49.3 Å². The van der Waals surface area contributed by atoms with E-state index in [1.165, 1.54) is 89.9 Å². The first-order valence-corrected chi connectivity index (χ1v) is 19.3. The van der Waals surface area contributed by atoms with Crippen LogP contribution in [0.25, 0.3) is 0 Å². The molecule has 0 rings (SSSR count). The van der Waals surface area contributed by atoms with Gasteiger partial charge in [0, 0.05) is 14.5 Å². The van der Waals surface area contributed by atoms with Crippen molar-refractivity contribution in [2.75, 3.05) is 49.3 Å². The molecule has 2 heteroatoms. The van der Waals surface area contributed by atoms with E-state index in [4.69, 9.17) is 0 Å². The first kappa shape index (κ1) is 30.9. The summed E-state index contributed by atoms with van der Waals surface area (Å²) < 4.78 is 0. The molecule has 0 amide bonds. The quantitative estimate of drug-likeness (QED) is 0.105. The standard InChI is InChI=1S/C28H62P2/c1-7-21-29(22-8-2,23-9-3)27-19-17-15-13-14-16-18-20-28-30(24-10-4,25-11-5)26-12-6/h7-28H2,1-6H3/q+2. The minimum absolute atomic E-state index is 0.597. The number of hydrogen-bond donors (Lipinski definition) is 0. The van der Waals surface area contributed by atoms with Crippen molar-refractivity contribution in [1.29, 1.82) is 0 Å². The SMILES string of the molecule is CCC[P+](CCC)(CCC)CCCCCCCCCC[P+](CCC)(CCC)CCC. The molecule has 0 unspecified atom stereocenters. The van der Waals surface area contributed by atoms with Crippen molar-refractivity contribution in [3.05, 3.63) is 0 Å². The zero-order valence-electron chi connectivity index (χ0n) is 22.5. The van der Waals surface area contributed by atoms with Crippen LogP contribution in [0.15, 0.2) is 0 Å². The molecule has 182 valence electrons. The second-order valence-corrected chi connectivity index (χ2v) is 19.2. The van der Waals surface area contributed by atoms with Crippen LogP contribution in [0.3, 0.4) is 0 Å². The molecule has 0 aliphatic heterocycles. The monoisotopic (exact) mass is 460 g/mol. The highest BCUT2D eigenvalue weighted by Gasteiger charge is 2.34. The Bertz CT molecular complexity index is 285. The fourth-order valence-electron chi connectivity index (χ4n) is 6.14. The maximum Gasteiger partial charge on any atom is 0.0594 e. The summed E-state index contributed by atoms with van der Waals surface area (Å²) >= 11 is 0. The molecule has 0 fully saturated rings. The molecule has 0 nitrogen and oxygen atoms in total. The zero-order chi connectivity index (χ0) is 22.6. The first-order valence-electron chi connectivity index (χ1n) is 14.3. The third-order valence-corrected chi connectivity index (χ3v) is 18.1. The average molecular weight is 461 g/mol. The van der Waals surface area contributed by atoms with Crippen molar-refractivity contribution in [1.82, 2.24) is 0 Å². The van der Waals surface area contributed by atoms with Gasteiger partial charge >= 0.3 is 0 Å². The van der Waals surface area contributed by atoms with Crippen molar-refractivity contribution < 1.29 is 0 Å². The minimum Gasteiger partial charge on any atom is -0.0619 e. The van der Waals surface area contributed by atoms with Crippen molar-refractivity contribution in [3.8, 4) is 0 Å². The Morgan fingerprint density at radius 3 is 0.667 bits per heavy atom. The van der Waals surface area contributed by atoms with Crippen LogP contribution in [-0.4, -0.2) is 49.3 Å². The van der Waals surface area contributed by atoms with Crippen molar-refractivity contribution in [2.24, 2.45) is 0 Å². The lowest BCUT2D eigenvalue weighted by Gasteiger charge is -2.27. The molecule has 0 aliphatic rings. The van der Waals surface area contributed by atoms with Gasteiger partial charge in [-0.1, -0.05) is 67.2 Å². The Hall–Kier alpha value is 0.860. The van der Waals surface area contributed by atoms with Crippen LogP contribution in [-0.2, 0) is 0 Å². The van der Waals surface area contributed by atoms with Crippen LogP contribution in [0, 0.1) is 0 Å². The number of hydrogen-bond acceptors (Lipinski definition) is 0. The molecular weight excluding hydrogens is 398 g/mol. The number of unbranched alkanes of at least 4 members (excludes halogenated alkanes) is 7. The molecule has 0 radical (unpaired) electrons. The van der Waals surface area contributed by atoms with Crippen molar-refractivity contribution >= 4 is 14.5 Å². The van der Waals surface area contributed by atoms with E-state index in [2.05, 4.69) is 41.5 Å². The molecule has 0 N–H and O–H groups in total. The van der Waals surface area contributed by atoms with Crippen LogP contribution in [0.2, 0.25) is 0 Å². The maximum absolute atomic E-state index is 2.42. The van der Waals surface area contributed by atoms with Crippen LogP contribution in [0.1, 0.15) is 131 Å². The summed E-state index contributed by atoms with van der Waals surface area (Å²) in [6.07, 6.45) is 33.3. The molecule has 0 spiro atoms. The van der Waals surface area contributed by atoms with E-state index in [9.17, 15) is 0 Å². The van der Waals surface area contributed by atoms with Gasteiger partial charge in [-0.3, -0.25) is 0 Å². The topological polar surface area (TPSA) is 0 Å². The van der Waals surface area contributed by atoms with E-state index in [0.717, 1.165) is 0 Å². The molecule has 0 aliphatic carbocycles. The summed E-state index contributed by atoms with van der Waals surface area (Å²) in [5.41, 5.74) is 0.